The van der Waals surface area contributed by atoms with Crippen molar-refractivity contribution in [2.75, 3.05) is 18.9 Å². The number of aromatic nitrogens is 1. The molecule has 0 spiro atoms. The number of nitrogens with two attached hydrogens (primary N) is 1. The van der Waals surface area contributed by atoms with E-state index < -0.39 is 0 Å². The van der Waals surface area contributed by atoms with Gasteiger partial charge in [-0.1, -0.05) is 12.1 Å². The lowest BCUT2D eigenvalue weighted by molar-refractivity contribution is 0.171. The summed E-state index contributed by atoms with van der Waals surface area (Å²) >= 11 is 1.60. The summed E-state index contributed by atoms with van der Waals surface area (Å²) in [5.74, 6) is 1.57. The Morgan fingerprint density at radius 3 is 2.68 bits per heavy atom. The van der Waals surface area contributed by atoms with Crippen molar-refractivity contribution in [1.82, 2.24) is 4.98 Å². The number of thiazole rings is 1. The Morgan fingerprint density at radius 1 is 0.955 bits per heavy atom. The minimum atomic E-state index is 0.585. The normalized spacial score (nSPS) is 13.1. The first-order valence-electron chi connectivity index (χ1n) is 7.01. The molecule has 0 radical (unpaired) electrons. The van der Waals surface area contributed by atoms with E-state index in [1.165, 1.54) is 0 Å². The van der Waals surface area contributed by atoms with E-state index in [1.807, 2.05) is 47.8 Å². The van der Waals surface area contributed by atoms with Crippen molar-refractivity contribution in [2.45, 2.75) is 0 Å². The van der Waals surface area contributed by atoms with Gasteiger partial charge in [0.05, 0.1) is 5.69 Å². The summed E-state index contributed by atoms with van der Waals surface area (Å²) in [7, 11) is 0. The number of anilines is 1. The Labute approximate surface area is 132 Å². The van der Waals surface area contributed by atoms with Gasteiger partial charge in [-0.05, 0) is 30.3 Å². The SMILES string of the molecule is Nc1cccc(-c2nc(-c3ccc4c(c3)OCCO4)cs2)c1. The lowest BCUT2D eigenvalue weighted by Gasteiger charge is -2.18. The van der Waals surface area contributed by atoms with Crippen LogP contribution in [-0.4, -0.2) is 18.2 Å². The predicted molar refractivity (Wildman–Crippen MR) is 88.4 cm³/mol. The van der Waals surface area contributed by atoms with Gasteiger partial charge in [-0.25, -0.2) is 4.98 Å². The van der Waals surface area contributed by atoms with E-state index in [-0.39, 0.29) is 0 Å². The molecule has 1 aromatic heterocycles. The van der Waals surface area contributed by atoms with Crippen LogP contribution in [0.4, 0.5) is 5.69 Å². The second kappa shape index (κ2) is 5.35. The van der Waals surface area contributed by atoms with E-state index in [4.69, 9.17) is 20.2 Å². The summed E-state index contributed by atoms with van der Waals surface area (Å²) in [6.07, 6.45) is 0. The number of fused-ring (bicyclic) bond motifs is 1. The fourth-order valence-electron chi connectivity index (χ4n) is 2.41. The molecule has 0 saturated heterocycles. The van der Waals surface area contributed by atoms with Crippen LogP contribution in [0.25, 0.3) is 21.8 Å². The van der Waals surface area contributed by atoms with E-state index in [0.29, 0.717) is 13.2 Å². The average molecular weight is 310 g/mol. The molecule has 2 aromatic carbocycles. The number of ether oxygens (including phenoxy) is 2. The molecule has 3 aromatic rings. The average Bonchev–Trinajstić information content (AvgIpc) is 3.04. The van der Waals surface area contributed by atoms with Gasteiger partial charge in [0, 0.05) is 22.2 Å². The number of hydrogen-bond donors (Lipinski definition) is 1. The van der Waals surface area contributed by atoms with Gasteiger partial charge >= 0.3 is 0 Å². The van der Waals surface area contributed by atoms with Crippen molar-refractivity contribution in [3.8, 4) is 33.3 Å². The third-order valence-corrected chi connectivity index (χ3v) is 4.37. The fraction of sp³-hybridized carbons (Fsp3) is 0.118. The van der Waals surface area contributed by atoms with E-state index in [2.05, 4.69) is 0 Å². The molecule has 0 fully saturated rings. The molecule has 0 amide bonds. The van der Waals surface area contributed by atoms with Gasteiger partial charge in [-0.3, -0.25) is 0 Å². The molecule has 22 heavy (non-hydrogen) atoms. The van der Waals surface area contributed by atoms with Crippen molar-refractivity contribution in [3.05, 3.63) is 47.8 Å². The molecule has 0 aliphatic carbocycles. The first-order chi connectivity index (χ1) is 10.8. The maximum Gasteiger partial charge on any atom is 0.162 e. The van der Waals surface area contributed by atoms with Crippen LogP contribution >= 0.6 is 11.3 Å². The molecule has 2 N–H and O–H groups in total. The highest BCUT2D eigenvalue weighted by molar-refractivity contribution is 7.13. The summed E-state index contributed by atoms with van der Waals surface area (Å²) in [6.45, 7) is 1.19. The van der Waals surface area contributed by atoms with Gasteiger partial charge in [-0.15, -0.1) is 11.3 Å². The summed E-state index contributed by atoms with van der Waals surface area (Å²) in [5.41, 5.74) is 9.57. The third kappa shape index (κ3) is 2.40. The van der Waals surface area contributed by atoms with Crippen LogP contribution in [-0.2, 0) is 0 Å². The molecule has 1 aliphatic heterocycles. The Bertz CT molecular complexity index is 829. The van der Waals surface area contributed by atoms with E-state index in [0.717, 1.165) is 39.0 Å². The molecular formula is C17H14N2O2S. The van der Waals surface area contributed by atoms with Gasteiger partial charge in [0.25, 0.3) is 0 Å². The van der Waals surface area contributed by atoms with Crippen molar-refractivity contribution in [3.63, 3.8) is 0 Å². The second-order valence-corrected chi connectivity index (χ2v) is 5.88. The van der Waals surface area contributed by atoms with Crippen LogP contribution in [0, 0.1) is 0 Å². The maximum atomic E-state index is 5.84. The number of rotatable bonds is 2. The molecule has 2 heterocycles. The molecule has 1 aliphatic rings. The summed E-state index contributed by atoms with van der Waals surface area (Å²) in [5, 5.41) is 3.00. The van der Waals surface area contributed by atoms with Crippen LogP contribution in [0.1, 0.15) is 0 Å². The van der Waals surface area contributed by atoms with Gasteiger partial charge < -0.3 is 15.2 Å². The highest BCUT2D eigenvalue weighted by Gasteiger charge is 2.14. The van der Waals surface area contributed by atoms with Crippen LogP contribution < -0.4 is 15.2 Å². The summed E-state index contributed by atoms with van der Waals surface area (Å²) in [4.78, 5) is 4.71. The smallest absolute Gasteiger partial charge is 0.162 e. The molecular weight excluding hydrogens is 296 g/mol. The zero-order chi connectivity index (χ0) is 14.9. The van der Waals surface area contributed by atoms with E-state index in [9.17, 15) is 0 Å². The number of hydrogen-bond acceptors (Lipinski definition) is 5. The molecule has 0 saturated carbocycles. The van der Waals surface area contributed by atoms with Gasteiger partial charge in [0.15, 0.2) is 11.5 Å². The Hall–Kier alpha value is -2.53. The molecule has 0 atom stereocenters. The molecule has 110 valence electrons. The van der Waals surface area contributed by atoms with E-state index >= 15 is 0 Å². The van der Waals surface area contributed by atoms with Crippen molar-refractivity contribution < 1.29 is 9.47 Å². The maximum absolute atomic E-state index is 5.84. The first-order valence-corrected chi connectivity index (χ1v) is 7.89. The molecule has 4 nitrogen and oxygen atoms in total. The zero-order valence-electron chi connectivity index (χ0n) is 11.8. The lowest BCUT2D eigenvalue weighted by atomic mass is 10.1. The summed E-state index contributed by atoms with van der Waals surface area (Å²) < 4.78 is 11.2. The van der Waals surface area contributed by atoms with Crippen LogP contribution in [0.5, 0.6) is 11.5 Å². The zero-order valence-corrected chi connectivity index (χ0v) is 12.6. The highest BCUT2D eigenvalue weighted by Crippen LogP contribution is 2.36. The van der Waals surface area contributed by atoms with Crippen molar-refractivity contribution in [1.29, 1.82) is 0 Å². The molecule has 5 heteroatoms. The Kier molecular flexibility index (Phi) is 3.20. The molecule has 0 unspecified atom stereocenters. The molecule has 4 rings (SSSR count). The second-order valence-electron chi connectivity index (χ2n) is 5.02. The third-order valence-electron chi connectivity index (χ3n) is 3.48. The van der Waals surface area contributed by atoms with Crippen molar-refractivity contribution in [2.24, 2.45) is 0 Å². The minimum Gasteiger partial charge on any atom is -0.486 e. The highest BCUT2D eigenvalue weighted by atomic mass is 32.1. The monoisotopic (exact) mass is 310 g/mol. The quantitative estimate of drug-likeness (QED) is 0.731. The van der Waals surface area contributed by atoms with Crippen molar-refractivity contribution >= 4 is 17.0 Å². The lowest BCUT2D eigenvalue weighted by Crippen LogP contribution is -2.15. The number of nitrogens with zero attached hydrogens (tertiary/aromatic N) is 1. The first kappa shape index (κ1) is 13.2. The van der Waals surface area contributed by atoms with Gasteiger partial charge in [0.2, 0.25) is 0 Å². The number of benzene rings is 2. The largest absolute Gasteiger partial charge is 0.486 e. The summed E-state index contributed by atoms with van der Waals surface area (Å²) in [6, 6.07) is 13.7. The van der Waals surface area contributed by atoms with Crippen LogP contribution in [0.3, 0.4) is 0 Å². The number of nitrogen functional groups attached to an aromatic ring is 1. The molecule has 0 bridgehead atoms. The standard InChI is InChI=1S/C17H14N2O2S/c18-13-3-1-2-12(8-13)17-19-14(10-22-17)11-4-5-15-16(9-11)21-7-6-20-15/h1-5,8-10H,6-7,18H2. The topological polar surface area (TPSA) is 57.4 Å². The Morgan fingerprint density at radius 2 is 1.82 bits per heavy atom. The van der Waals surface area contributed by atoms with Gasteiger partial charge in [-0.2, -0.15) is 0 Å². The Balaban J connectivity index is 1.69. The predicted octanol–water partition coefficient (Wildman–Crippen LogP) is 3.83. The minimum absolute atomic E-state index is 0.585. The van der Waals surface area contributed by atoms with Crippen LogP contribution in [0.2, 0.25) is 0 Å². The fourth-order valence-corrected chi connectivity index (χ4v) is 3.24. The van der Waals surface area contributed by atoms with Crippen LogP contribution in [0.15, 0.2) is 47.8 Å². The van der Waals surface area contributed by atoms with Gasteiger partial charge in [0.1, 0.15) is 18.2 Å². The van der Waals surface area contributed by atoms with E-state index in [1.54, 1.807) is 11.3 Å².